The molecule has 0 saturated heterocycles. The highest BCUT2D eigenvalue weighted by Gasteiger charge is 2.31. The fourth-order valence-electron chi connectivity index (χ4n) is 2.68. The second-order valence-corrected chi connectivity index (χ2v) is 8.51. The van der Waals surface area contributed by atoms with Crippen molar-refractivity contribution in [2.24, 2.45) is 0 Å². The van der Waals surface area contributed by atoms with Crippen LogP contribution in [0.1, 0.15) is 54.2 Å². The van der Waals surface area contributed by atoms with Gasteiger partial charge in [0.2, 0.25) is 5.88 Å². The first kappa shape index (κ1) is 17.9. The van der Waals surface area contributed by atoms with E-state index in [1.807, 2.05) is 6.07 Å². The molecule has 0 spiro atoms. The van der Waals surface area contributed by atoms with Gasteiger partial charge in [0.1, 0.15) is 10.6 Å². The number of rotatable bonds is 5. The Hall–Kier alpha value is -1.42. The molecule has 0 bridgehead atoms. The quantitative estimate of drug-likeness (QED) is 0.697. The van der Waals surface area contributed by atoms with Gasteiger partial charge >= 0.3 is 0 Å². The molecule has 126 valence electrons. The van der Waals surface area contributed by atoms with E-state index in [0.717, 1.165) is 16.5 Å². The summed E-state index contributed by atoms with van der Waals surface area (Å²) < 4.78 is 5.83. The van der Waals surface area contributed by atoms with E-state index < -0.39 is 0 Å². The van der Waals surface area contributed by atoms with Crippen molar-refractivity contribution in [3.63, 3.8) is 0 Å². The van der Waals surface area contributed by atoms with Gasteiger partial charge in [0, 0.05) is 22.4 Å². The molecule has 1 aromatic carbocycles. The molecule has 1 heterocycles. The molecule has 2 rings (SSSR count). The van der Waals surface area contributed by atoms with Crippen LogP contribution in [0.25, 0.3) is 0 Å². The van der Waals surface area contributed by atoms with E-state index >= 15 is 0 Å². The molecule has 4 heteroatoms. The Balaban J connectivity index is 2.53. The van der Waals surface area contributed by atoms with Gasteiger partial charge in [0.05, 0.1) is 0 Å². The molecule has 0 fully saturated rings. The smallest absolute Gasteiger partial charge is 0.242 e. The van der Waals surface area contributed by atoms with E-state index in [-0.39, 0.29) is 5.41 Å². The molecule has 0 atom stereocenters. The highest BCUT2D eigenvalue weighted by molar-refractivity contribution is 7.99. The summed E-state index contributed by atoms with van der Waals surface area (Å²) in [6.45, 7) is 15.3. The lowest BCUT2D eigenvalue weighted by Crippen LogP contribution is -2.37. The van der Waals surface area contributed by atoms with E-state index in [9.17, 15) is 0 Å². The van der Waals surface area contributed by atoms with Crippen LogP contribution < -0.4 is 4.90 Å². The van der Waals surface area contributed by atoms with E-state index in [2.05, 4.69) is 82.8 Å². The lowest BCUT2D eigenvalue weighted by atomic mass is 9.92. The van der Waals surface area contributed by atoms with Gasteiger partial charge in [-0.3, -0.25) is 0 Å². The Morgan fingerprint density at radius 2 is 1.57 bits per heavy atom. The van der Waals surface area contributed by atoms with Gasteiger partial charge in [-0.1, -0.05) is 55.9 Å². The van der Waals surface area contributed by atoms with Crippen molar-refractivity contribution >= 4 is 17.6 Å². The summed E-state index contributed by atoms with van der Waals surface area (Å²) in [6, 6.07) is 11.1. The molecule has 0 aliphatic heterocycles. The van der Waals surface area contributed by atoms with Gasteiger partial charge in [-0.25, -0.2) is 0 Å². The van der Waals surface area contributed by atoms with Crippen molar-refractivity contribution in [3.05, 3.63) is 36.0 Å². The third-order valence-electron chi connectivity index (χ3n) is 3.65. The van der Waals surface area contributed by atoms with E-state index in [0.29, 0.717) is 12.1 Å². The molecule has 2 aromatic rings. The van der Waals surface area contributed by atoms with Crippen LogP contribution in [0.5, 0.6) is 0 Å². The molecule has 1 aromatic heterocycles. The van der Waals surface area contributed by atoms with Crippen molar-refractivity contribution in [1.82, 2.24) is 5.16 Å². The average molecular weight is 333 g/mol. The fourth-order valence-corrected chi connectivity index (χ4v) is 3.88. The van der Waals surface area contributed by atoms with E-state index in [1.54, 1.807) is 11.8 Å². The third kappa shape index (κ3) is 4.11. The average Bonchev–Trinajstić information content (AvgIpc) is 2.83. The Kier molecular flexibility index (Phi) is 5.45. The maximum absolute atomic E-state index is 5.83. The predicted octanol–water partition coefficient (Wildman–Crippen LogP) is 5.75. The predicted molar refractivity (Wildman–Crippen MR) is 98.5 cm³/mol. The van der Waals surface area contributed by atoms with Gasteiger partial charge in [-0.2, -0.15) is 0 Å². The highest BCUT2D eigenvalue weighted by Crippen LogP contribution is 2.43. The minimum Gasteiger partial charge on any atom is -0.337 e. The first-order valence-electron chi connectivity index (χ1n) is 8.23. The summed E-state index contributed by atoms with van der Waals surface area (Å²) in [4.78, 5) is 4.63. The van der Waals surface area contributed by atoms with Crippen LogP contribution in [-0.4, -0.2) is 17.2 Å². The summed E-state index contributed by atoms with van der Waals surface area (Å²) in [6.07, 6.45) is 0. The van der Waals surface area contributed by atoms with Gasteiger partial charge in [0.15, 0.2) is 0 Å². The SMILES string of the molecule is CC(C)N(c1onc(C(C)(C)C)c1Sc1ccccc1)C(C)C. The van der Waals surface area contributed by atoms with Gasteiger partial charge in [-0.15, -0.1) is 0 Å². The summed E-state index contributed by atoms with van der Waals surface area (Å²) >= 11 is 1.74. The van der Waals surface area contributed by atoms with Crippen LogP contribution in [0, 0.1) is 0 Å². The van der Waals surface area contributed by atoms with Crippen LogP contribution in [0.2, 0.25) is 0 Å². The number of nitrogens with zero attached hydrogens (tertiary/aromatic N) is 2. The van der Waals surface area contributed by atoms with Gasteiger partial charge in [-0.05, 0) is 39.8 Å². The Morgan fingerprint density at radius 3 is 2.04 bits per heavy atom. The molecular formula is C19H28N2OS. The standard InChI is InChI=1S/C19H28N2OS/c1-13(2)21(14(3)4)18-16(17(20-22-18)19(5,6)7)23-15-11-9-8-10-12-15/h8-14H,1-7H3. The molecule has 3 nitrogen and oxygen atoms in total. The second-order valence-electron chi connectivity index (χ2n) is 7.43. The number of hydrogen-bond acceptors (Lipinski definition) is 4. The molecule has 0 amide bonds. The molecule has 23 heavy (non-hydrogen) atoms. The zero-order valence-corrected chi connectivity index (χ0v) is 16.1. The molecule has 0 saturated carbocycles. The van der Waals surface area contributed by atoms with Crippen LogP contribution in [0.4, 0.5) is 5.88 Å². The van der Waals surface area contributed by atoms with Crippen LogP contribution in [0.15, 0.2) is 44.6 Å². The van der Waals surface area contributed by atoms with Crippen LogP contribution in [0.3, 0.4) is 0 Å². The molecule has 0 unspecified atom stereocenters. The summed E-state index contributed by atoms with van der Waals surface area (Å²) in [5, 5.41) is 4.43. The maximum Gasteiger partial charge on any atom is 0.242 e. The highest BCUT2D eigenvalue weighted by atomic mass is 32.2. The summed E-state index contributed by atoms with van der Waals surface area (Å²) in [7, 11) is 0. The minimum atomic E-state index is -0.0571. The summed E-state index contributed by atoms with van der Waals surface area (Å²) in [5.74, 6) is 0.883. The number of aromatic nitrogens is 1. The minimum absolute atomic E-state index is 0.0571. The van der Waals surface area contributed by atoms with Crippen molar-refractivity contribution < 1.29 is 4.52 Å². The molecule has 0 N–H and O–H groups in total. The fraction of sp³-hybridized carbons (Fsp3) is 0.526. The van der Waals surface area contributed by atoms with Crippen molar-refractivity contribution in [1.29, 1.82) is 0 Å². The van der Waals surface area contributed by atoms with Crippen molar-refractivity contribution in [2.45, 2.75) is 75.8 Å². The van der Waals surface area contributed by atoms with E-state index in [1.165, 1.54) is 4.90 Å². The maximum atomic E-state index is 5.83. The van der Waals surface area contributed by atoms with Crippen molar-refractivity contribution in [3.8, 4) is 0 Å². The van der Waals surface area contributed by atoms with Gasteiger partial charge in [0.25, 0.3) is 0 Å². The van der Waals surface area contributed by atoms with Crippen LogP contribution in [-0.2, 0) is 5.41 Å². The van der Waals surface area contributed by atoms with E-state index in [4.69, 9.17) is 4.52 Å². The first-order valence-corrected chi connectivity index (χ1v) is 9.05. The molecule has 0 radical (unpaired) electrons. The Labute approximate surface area is 144 Å². The number of anilines is 1. The van der Waals surface area contributed by atoms with Crippen LogP contribution >= 0.6 is 11.8 Å². The monoisotopic (exact) mass is 332 g/mol. The van der Waals surface area contributed by atoms with Gasteiger partial charge < -0.3 is 9.42 Å². The Bertz CT molecular complexity index is 619. The molecule has 0 aliphatic carbocycles. The largest absolute Gasteiger partial charge is 0.337 e. The summed E-state index contributed by atoms with van der Waals surface area (Å²) in [5.41, 5.74) is 0.964. The molecular weight excluding hydrogens is 304 g/mol. The normalized spacial score (nSPS) is 12.2. The number of hydrogen-bond donors (Lipinski definition) is 0. The zero-order chi connectivity index (χ0) is 17.2. The Morgan fingerprint density at radius 1 is 1.00 bits per heavy atom. The van der Waals surface area contributed by atoms with Crippen molar-refractivity contribution in [2.75, 3.05) is 4.90 Å². The second kappa shape index (κ2) is 7.00. The first-order chi connectivity index (χ1) is 10.7. The molecule has 0 aliphatic rings. The topological polar surface area (TPSA) is 29.3 Å². The zero-order valence-electron chi connectivity index (χ0n) is 15.3. The lowest BCUT2D eigenvalue weighted by Gasteiger charge is -2.30. The number of benzene rings is 1. The lowest BCUT2D eigenvalue weighted by molar-refractivity contribution is 0.379. The third-order valence-corrected chi connectivity index (χ3v) is 4.73.